The molecular formula is C11H9NO5S3. The van der Waals surface area contributed by atoms with Crippen molar-refractivity contribution >= 4 is 44.6 Å². The molecule has 2 aromatic rings. The quantitative estimate of drug-likeness (QED) is 0.862. The normalized spacial score (nSPS) is 11.1. The number of methoxy groups -OCH3 is 1. The van der Waals surface area contributed by atoms with Gasteiger partial charge in [-0.1, -0.05) is 6.07 Å². The average molecular weight is 331 g/mol. The summed E-state index contributed by atoms with van der Waals surface area (Å²) >= 11 is 2.05. The van der Waals surface area contributed by atoms with Crippen LogP contribution in [0.5, 0.6) is 0 Å². The number of esters is 1. The van der Waals surface area contributed by atoms with Gasteiger partial charge < -0.3 is 4.74 Å². The van der Waals surface area contributed by atoms with Gasteiger partial charge in [-0.2, -0.15) is 0 Å². The topological polar surface area (TPSA) is 89.5 Å². The predicted octanol–water partition coefficient (Wildman–Crippen LogP) is 1.71. The summed E-state index contributed by atoms with van der Waals surface area (Å²) in [5.41, 5.74) is 0. The first-order valence-electron chi connectivity index (χ1n) is 5.22. The van der Waals surface area contributed by atoms with Crippen LogP contribution in [0.4, 0.5) is 0 Å². The zero-order chi connectivity index (χ0) is 14.8. The van der Waals surface area contributed by atoms with E-state index < -0.39 is 21.9 Å². The molecule has 0 radical (unpaired) electrons. The van der Waals surface area contributed by atoms with Crippen LogP contribution in [0.25, 0.3) is 0 Å². The summed E-state index contributed by atoms with van der Waals surface area (Å²) in [4.78, 5) is 23.2. The van der Waals surface area contributed by atoms with Gasteiger partial charge in [-0.15, -0.1) is 22.7 Å². The van der Waals surface area contributed by atoms with Crippen molar-refractivity contribution in [3.63, 3.8) is 0 Å². The Morgan fingerprint density at radius 1 is 1.20 bits per heavy atom. The van der Waals surface area contributed by atoms with Crippen LogP contribution in [-0.2, 0) is 14.8 Å². The average Bonchev–Trinajstić information content (AvgIpc) is 3.08. The Bertz CT molecular complexity index is 730. The van der Waals surface area contributed by atoms with Gasteiger partial charge in [0.15, 0.2) is 0 Å². The minimum atomic E-state index is -4.11. The summed E-state index contributed by atoms with van der Waals surface area (Å²) < 4.78 is 30.7. The van der Waals surface area contributed by atoms with Crippen molar-refractivity contribution in [3.8, 4) is 0 Å². The number of hydrogen-bond donors (Lipinski definition) is 1. The summed E-state index contributed by atoms with van der Waals surface area (Å²) in [6.07, 6.45) is 0. The van der Waals surface area contributed by atoms with Gasteiger partial charge in [0.1, 0.15) is 9.77 Å². The third-order valence-electron chi connectivity index (χ3n) is 2.26. The van der Waals surface area contributed by atoms with Gasteiger partial charge in [0.05, 0.1) is 12.0 Å². The van der Waals surface area contributed by atoms with Crippen LogP contribution in [-0.4, -0.2) is 27.4 Å². The van der Waals surface area contributed by atoms with Crippen LogP contribution in [0.1, 0.15) is 19.3 Å². The van der Waals surface area contributed by atoms with Gasteiger partial charge in [-0.3, -0.25) is 4.79 Å². The zero-order valence-electron chi connectivity index (χ0n) is 10.2. The van der Waals surface area contributed by atoms with E-state index in [1.807, 2.05) is 4.72 Å². The van der Waals surface area contributed by atoms with Gasteiger partial charge in [0.2, 0.25) is 0 Å². The van der Waals surface area contributed by atoms with E-state index in [4.69, 9.17) is 0 Å². The summed E-state index contributed by atoms with van der Waals surface area (Å²) in [6, 6.07) is 4.39. The lowest BCUT2D eigenvalue weighted by Gasteiger charge is -2.05. The highest BCUT2D eigenvalue weighted by Gasteiger charge is 2.26. The van der Waals surface area contributed by atoms with Crippen LogP contribution in [0, 0.1) is 0 Å². The molecule has 2 aromatic heterocycles. The molecule has 2 rings (SSSR count). The monoisotopic (exact) mass is 331 g/mol. The van der Waals surface area contributed by atoms with Crippen molar-refractivity contribution in [1.82, 2.24) is 4.72 Å². The maximum atomic E-state index is 12.1. The lowest BCUT2D eigenvalue weighted by atomic mass is 10.5. The third kappa shape index (κ3) is 2.89. The molecule has 0 aliphatic rings. The fraction of sp³-hybridized carbons (Fsp3) is 0.0909. The predicted molar refractivity (Wildman–Crippen MR) is 74.6 cm³/mol. The van der Waals surface area contributed by atoms with Gasteiger partial charge in [0, 0.05) is 0 Å². The number of amides is 1. The maximum absolute atomic E-state index is 12.1. The lowest BCUT2D eigenvalue weighted by Crippen LogP contribution is -2.30. The van der Waals surface area contributed by atoms with Crippen molar-refractivity contribution in [3.05, 3.63) is 38.7 Å². The standard InChI is InChI=1S/C11H9NO5S3/c1-17-11(14)9-8(4-6-19-9)20(15,16)12-10(13)7-3-2-5-18-7/h2-6H,1H3,(H,12,13). The van der Waals surface area contributed by atoms with Crippen molar-refractivity contribution in [2.45, 2.75) is 4.90 Å². The SMILES string of the molecule is COC(=O)c1sccc1S(=O)(=O)NC(=O)c1cccs1. The second-order valence-corrected chi connectivity index (χ2v) is 7.03. The van der Waals surface area contributed by atoms with E-state index in [2.05, 4.69) is 4.74 Å². The fourth-order valence-corrected chi connectivity index (χ4v) is 4.37. The number of hydrogen-bond acceptors (Lipinski definition) is 7. The molecule has 0 spiro atoms. The first kappa shape index (κ1) is 14.7. The molecule has 2 heterocycles. The smallest absolute Gasteiger partial charge is 0.349 e. The van der Waals surface area contributed by atoms with Crippen molar-refractivity contribution in [1.29, 1.82) is 0 Å². The van der Waals surface area contributed by atoms with E-state index in [0.29, 0.717) is 0 Å². The third-order valence-corrected chi connectivity index (χ3v) is 5.53. The number of rotatable bonds is 4. The van der Waals surface area contributed by atoms with Crippen molar-refractivity contribution in [2.75, 3.05) is 7.11 Å². The molecule has 0 aromatic carbocycles. The Labute approximate surface area is 123 Å². The second-order valence-electron chi connectivity index (χ2n) is 3.52. The molecule has 0 saturated heterocycles. The molecule has 1 amide bonds. The molecule has 0 fully saturated rings. The first-order valence-corrected chi connectivity index (χ1v) is 8.46. The fourth-order valence-electron chi connectivity index (χ4n) is 1.39. The van der Waals surface area contributed by atoms with Crippen LogP contribution < -0.4 is 4.72 Å². The van der Waals surface area contributed by atoms with Gasteiger partial charge in [-0.05, 0) is 22.9 Å². The summed E-state index contributed by atoms with van der Waals surface area (Å²) in [5, 5.41) is 3.10. The van der Waals surface area contributed by atoms with Crippen LogP contribution in [0.15, 0.2) is 33.9 Å². The van der Waals surface area contributed by atoms with E-state index >= 15 is 0 Å². The molecule has 0 bridgehead atoms. The highest BCUT2D eigenvalue weighted by molar-refractivity contribution is 7.90. The Morgan fingerprint density at radius 3 is 2.55 bits per heavy atom. The lowest BCUT2D eigenvalue weighted by molar-refractivity contribution is 0.0602. The van der Waals surface area contributed by atoms with Crippen molar-refractivity contribution in [2.24, 2.45) is 0 Å². The molecule has 0 aliphatic heterocycles. The Kier molecular flexibility index (Phi) is 4.21. The van der Waals surface area contributed by atoms with E-state index in [-0.39, 0.29) is 14.6 Å². The Balaban J connectivity index is 2.30. The van der Waals surface area contributed by atoms with Crippen LogP contribution >= 0.6 is 22.7 Å². The number of carbonyl (C=O) groups excluding carboxylic acids is 2. The number of sulfonamides is 1. The van der Waals surface area contributed by atoms with E-state index in [1.165, 1.54) is 17.5 Å². The highest BCUT2D eigenvalue weighted by atomic mass is 32.2. The summed E-state index contributed by atoms with van der Waals surface area (Å²) in [6.45, 7) is 0. The number of ether oxygens (including phenoxy) is 1. The molecule has 20 heavy (non-hydrogen) atoms. The number of thiophene rings is 2. The molecule has 1 N–H and O–H groups in total. The molecular weight excluding hydrogens is 322 g/mol. The Morgan fingerprint density at radius 2 is 1.95 bits per heavy atom. The Hall–Kier alpha value is -1.71. The molecule has 0 unspecified atom stereocenters. The van der Waals surface area contributed by atoms with Gasteiger partial charge in [0.25, 0.3) is 15.9 Å². The maximum Gasteiger partial charge on any atom is 0.349 e. The number of nitrogens with one attached hydrogen (secondary N) is 1. The van der Waals surface area contributed by atoms with E-state index in [0.717, 1.165) is 29.8 Å². The molecule has 6 nitrogen and oxygen atoms in total. The summed E-state index contributed by atoms with van der Waals surface area (Å²) in [7, 11) is -2.96. The highest BCUT2D eigenvalue weighted by Crippen LogP contribution is 2.23. The minimum Gasteiger partial charge on any atom is -0.465 e. The minimum absolute atomic E-state index is 0.0704. The largest absolute Gasteiger partial charge is 0.465 e. The molecule has 9 heteroatoms. The van der Waals surface area contributed by atoms with Gasteiger partial charge >= 0.3 is 5.97 Å². The zero-order valence-corrected chi connectivity index (χ0v) is 12.6. The van der Waals surface area contributed by atoms with E-state index in [1.54, 1.807) is 11.4 Å². The molecule has 106 valence electrons. The molecule has 0 atom stereocenters. The van der Waals surface area contributed by atoms with Crippen molar-refractivity contribution < 1.29 is 22.7 Å². The molecule has 0 saturated carbocycles. The van der Waals surface area contributed by atoms with E-state index in [9.17, 15) is 18.0 Å². The van der Waals surface area contributed by atoms with Gasteiger partial charge in [-0.25, -0.2) is 17.9 Å². The summed E-state index contributed by atoms with van der Waals surface area (Å²) in [5.74, 6) is -1.49. The number of carbonyl (C=O) groups is 2. The van der Waals surface area contributed by atoms with Crippen LogP contribution in [0.2, 0.25) is 0 Å². The molecule has 0 aliphatic carbocycles. The first-order chi connectivity index (χ1) is 9.45. The second kappa shape index (κ2) is 5.73. The van der Waals surface area contributed by atoms with Crippen LogP contribution in [0.3, 0.4) is 0 Å².